The molecular weight excluding hydrogens is 308 g/mol. The van der Waals surface area contributed by atoms with E-state index >= 15 is 0 Å². The third-order valence-electron chi connectivity index (χ3n) is 6.06. The van der Waals surface area contributed by atoms with Crippen LogP contribution in [0.15, 0.2) is 54.6 Å². The van der Waals surface area contributed by atoms with Gasteiger partial charge in [0.05, 0.1) is 0 Å². The molecule has 1 heterocycles. The van der Waals surface area contributed by atoms with Gasteiger partial charge < -0.3 is 10.6 Å². The average Bonchev–Trinajstić information content (AvgIpc) is 3.17. The van der Waals surface area contributed by atoms with Crippen LogP contribution in [0.4, 0.5) is 0 Å². The van der Waals surface area contributed by atoms with Gasteiger partial charge in [0.2, 0.25) is 0 Å². The molecule has 4 atom stereocenters. The van der Waals surface area contributed by atoms with Crippen LogP contribution in [0.25, 0.3) is 11.1 Å². The second kappa shape index (κ2) is 6.64. The maximum Gasteiger partial charge on any atom is 0.254 e. The number of benzene rings is 2. The number of carbonyl (C=O) groups excluding carboxylic acids is 1. The van der Waals surface area contributed by atoms with Gasteiger partial charge in [-0.25, -0.2) is 0 Å². The second-order valence-corrected chi connectivity index (χ2v) is 7.67. The second-order valence-electron chi connectivity index (χ2n) is 7.67. The largest absolute Gasteiger partial charge is 0.334 e. The Labute approximate surface area is 149 Å². The molecule has 2 aliphatic rings. The Morgan fingerprint density at radius 1 is 1.08 bits per heavy atom. The first-order valence-corrected chi connectivity index (χ1v) is 9.34. The van der Waals surface area contributed by atoms with Gasteiger partial charge in [-0.05, 0) is 47.8 Å². The van der Waals surface area contributed by atoms with Gasteiger partial charge in [0.15, 0.2) is 0 Å². The molecule has 0 spiro atoms. The summed E-state index contributed by atoms with van der Waals surface area (Å²) in [5, 5.41) is 0. The number of likely N-dealkylation sites (tertiary alicyclic amines) is 1. The van der Waals surface area contributed by atoms with Crippen molar-refractivity contribution >= 4 is 5.91 Å². The highest BCUT2D eigenvalue weighted by molar-refractivity contribution is 6.01. The summed E-state index contributed by atoms with van der Waals surface area (Å²) >= 11 is 0. The van der Waals surface area contributed by atoms with Gasteiger partial charge in [0.1, 0.15) is 0 Å². The van der Waals surface area contributed by atoms with Crippen LogP contribution < -0.4 is 5.73 Å². The Morgan fingerprint density at radius 3 is 2.56 bits per heavy atom. The maximum atomic E-state index is 13.4. The number of nitrogens with two attached hydrogens (primary N) is 1. The van der Waals surface area contributed by atoms with Crippen LogP contribution in [0.5, 0.6) is 0 Å². The zero-order valence-electron chi connectivity index (χ0n) is 14.8. The predicted molar refractivity (Wildman–Crippen MR) is 101 cm³/mol. The summed E-state index contributed by atoms with van der Waals surface area (Å²) in [6.45, 7) is 3.74. The summed E-state index contributed by atoms with van der Waals surface area (Å²) < 4.78 is 0. The molecule has 0 bridgehead atoms. The van der Waals surface area contributed by atoms with Crippen LogP contribution in [0.3, 0.4) is 0 Å². The minimum atomic E-state index is 0.136. The van der Waals surface area contributed by atoms with E-state index in [4.69, 9.17) is 5.73 Å². The first-order chi connectivity index (χ1) is 12.2. The summed E-state index contributed by atoms with van der Waals surface area (Å²) in [7, 11) is 0. The molecule has 4 rings (SSSR count). The lowest BCUT2D eigenvalue weighted by Gasteiger charge is -2.28. The van der Waals surface area contributed by atoms with Crippen LogP contribution >= 0.6 is 0 Å². The number of amides is 1. The molecular formula is C22H26N2O. The molecule has 0 radical (unpaired) electrons. The van der Waals surface area contributed by atoms with E-state index in [2.05, 4.69) is 24.0 Å². The van der Waals surface area contributed by atoms with Gasteiger partial charge in [-0.1, -0.05) is 55.5 Å². The quantitative estimate of drug-likeness (QED) is 0.928. The van der Waals surface area contributed by atoms with E-state index in [0.29, 0.717) is 18.4 Å². The van der Waals surface area contributed by atoms with Crippen molar-refractivity contribution in [2.75, 3.05) is 13.1 Å². The predicted octanol–water partition coefficient (Wildman–Crippen LogP) is 3.80. The van der Waals surface area contributed by atoms with Crippen molar-refractivity contribution in [1.82, 2.24) is 4.90 Å². The molecule has 3 nitrogen and oxygen atoms in total. The number of hydrogen-bond donors (Lipinski definition) is 1. The fourth-order valence-corrected chi connectivity index (χ4v) is 4.97. The molecule has 1 aliphatic carbocycles. The zero-order chi connectivity index (χ0) is 17.4. The SMILES string of the molecule is CC1C[C@H]2CN(C(=O)c3ccccc3-c3ccccc3)[C@H](CN)[C@H]2C1. The Bertz CT molecular complexity index is 758. The lowest BCUT2D eigenvalue weighted by atomic mass is 9.93. The van der Waals surface area contributed by atoms with Gasteiger partial charge in [-0.2, -0.15) is 0 Å². The van der Waals surface area contributed by atoms with E-state index in [9.17, 15) is 4.79 Å². The van der Waals surface area contributed by atoms with Gasteiger partial charge >= 0.3 is 0 Å². The summed E-state index contributed by atoms with van der Waals surface area (Å²) in [5.41, 5.74) is 8.98. The first kappa shape index (κ1) is 16.3. The maximum absolute atomic E-state index is 13.4. The third-order valence-corrected chi connectivity index (χ3v) is 6.06. The summed E-state index contributed by atoms with van der Waals surface area (Å²) in [6, 6.07) is 18.3. The van der Waals surface area contributed by atoms with E-state index < -0.39 is 0 Å². The molecule has 1 unspecified atom stereocenters. The fourth-order valence-electron chi connectivity index (χ4n) is 4.97. The van der Waals surface area contributed by atoms with Gasteiger partial charge in [-0.3, -0.25) is 4.79 Å². The molecule has 25 heavy (non-hydrogen) atoms. The summed E-state index contributed by atoms with van der Waals surface area (Å²) in [4.78, 5) is 15.5. The van der Waals surface area contributed by atoms with E-state index in [0.717, 1.165) is 29.2 Å². The van der Waals surface area contributed by atoms with Crippen molar-refractivity contribution in [2.24, 2.45) is 23.5 Å². The Balaban J connectivity index is 1.66. The molecule has 1 amide bonds. The van der Waals surface area contributed by atoms with Crippen LogP contribution in [0.2, 0.25) is 0 Å². The minimum absolute atomic E-state index is 0.136. The van der Waals surface area contributed by atoms with Crippen LogP contribution in [-0.4, -0.2) is 29.9 Å². The van der Waals surface area contributed by atoms with Crippen LogP contribution in [0, 0.1) is 17.8 Å². The summed E-state index contributed by atoms with van der Waals surface area (Å²) in [6.07, 6.45) is 2.43. The van der Waals surface area contributed by atoms with Gasteiger partial charge in [0.25, 0.3) is 5.91 Å². The molecule has 0 aromatic heterocycles. The van der Waals surface area contributed by atoms with Crippen molar-refractivity contribution in [1.29, 1.82) is 0 Å². The van der Waals surface area contributed by atoms with Gasteiger partial charge in [-0.15, -0.1) is 0 Å². The Kier molecular flexibility index (Phi) is 4.34. The molecule has 130 valence electrons. The highest BCUT2D eigenvalue weighted by atomic mass is 16.2. The first-order valence-electron chi connectivity index (χ1n) is 9.34. The lowest BCUT2D eigenvalue weighted by molar-refractivity contribution is 0.0716. The smallest absolute Gasteiger partial charge is 0.254 e. The van der Waals surface area contributed by atoms with Gasteiger partial charge in [0, 0.05) is 24.7 Å². The lowest BCUT2D eigenvalue weighted by Crippen LogP contribution is -2.43. The van der Waals surface area contributed by atoms with Crippen molar-refractivity contribution in [3.8, 4) is 11.1 Å². The third kappa shape index (κ3) is 2.87. The molecule has 3 heteroatoms. The van der Waals surface area contributed by atoms with Crippen LogP contribution in [-0.2, 0) is 0 Å². The van der Waals surface area contributed by atoms with Crippen LogP contribution in [0.1, 0.15) is 30.1 Å². The van der Waals surface area contributed by atoms with E-state index in [1.807, 2.05) is 42.5 Å². The average molecular weight is 334 g/mol. The highest BCUT2D eigenvalue weighted by Crippen LogP contribution is 2.45. The zero-order valence-corrected chi connectivity index (χ0v) is 14.8. The number of carbonyl (C=O) groups is 1. The van der Waals surface area contributed by atoms with E-state index in [1.54, 1.807) is 0 Å². The standard InChI is InChI=1S/C22H26N2O/c1-15-11-17-14-24(21(13-23)20(17)12-15)22(25)19-10-6-5-9-18(19)16-7-3-2-4-8-16/h2-10,15,17,20-21H,11-14,23H2,1H3/t15?,17-,20-,21+/m0/s1. The van der Waals surface area contributed by atoms with E-state index in [-0.39, 0.29) is 11.9 Å². The monoisotopic (exact) mass is 334 g/mol. The van der Waals surface area contributed by atoms with Crippen molar-refractivity contribution in [3.63, 3.8) is 0 Å². The molecule has 1 saturated carbocycles. The number of hydrogen-bond acceptors (Lipinski definition) is 2. The number of rotatable bonds is 3. The molecule has 2 fully saturated rings. The molecule has 2 aromatic carbocycles. The summed E-state index contributed by atoms with van der Waals surface area (Å²) in [5.74, 6) is 2.10. The molecule has 2 aromatic rings. The van der Waals surface area contributed by atoms with Crippen molar-refractivity contribution in [2.45, 2.75) is 25.8 Å². The van der Waals surface area contributed by atoms with Crippen molar-refractivity contribution in [3.05, 3.63) is 60.2 Å². The Hall–Kier alpha value is -2.13. The topological polar surface area (TPSA) is 46.3 Å². The highest BCUT2D eigenvalue weighted by Gasteiger charge is 2.47. The molecule has 1 aliphatic heterocycles. The van der Waals surface area contributed by atoms with Crippen molar-refractivity contribution < 1.29 is 4.79 Å². The normalized spacial score (nSPS) is 28.2. The number of fused-ring (bicyclic) bond motifs is 1. The Morgan fingerprint density at radius 2 is 1.80 bits per heavy atom. The fraction of sp³-hybridized carbons (Fsp3) is 0.409. The van der Waals surface area contributed by atoms with E-state index in [1.165, 1.54) is 12.8 Å². The minimum Gasteiger partial charge on any atom is -0.334 e. The number of nitrogens with zero attached hydrogens (tertiary/aromatic N) is 1. The molecule has 1 saturated heterocycles. The molecule has 2 N–H and O–H groups in total.